The monoisotopic (exact) mass is 223 g/mol. The second-order valence-corrected chi connectivity index (χ2v) is 4.42. The highest BCUT2D eigenvalue weighted by atomic mass is 16.1. The number of nitrogens with two attached hydrogens (primary N) is 1. The summed E-state index contributed by atoms with van der Waals surface area (Å²) in [6, 6.07) is 3.69. The summed E-state index contributed by atoms with van der Waals surface area (Å²) in [5.74, 6) is 0. The van der Waals surface area contributed by atoms with Crippen LogP contribution in [0.1, 0.15) is 20.3 Å². The van der Waals surface area contributed by atoms with Crippen molar-refractivity contribution < 1.29 is 0 Å². The second kappa shape index (κ2) is 5.70. The van der Waals surface area contributed by atoms with Gasteiger partial charge >= 0.3 is 0 Å². The van der Waals surface area contributed by atoms with Gasteiger partial charge in [0, 0.05) is 30.5 Å². The summed E-state index contributed by atoms with van der Waals surface area (Å²) >= 11 is 0. The van der Waals surface area contributed by atoms with Crippen LogP contribution in [-0.2, 0) is 6.54 Å². The highest BCUT2D eigenvalue weighted by molar-refractivity contribution is 5.33. The maximum atomic E-state index is 11.5. The minimum atomic E-state index is 0.0152. The number of anilines is 1. The molecular weight excluding hydrogens is 202 g/mol. The molecule has 0 atom stereocenters. The summed E-state index contributed by atoms with van der Waals surface area (Å²) in [7, 11) is 2.09. The molecule has 0 amide bonds. The number of nitrogens with zero attached hydrogens (tertiary/aromatic N) is 2. The minimum absolute atomic E-state index is 0.0152. The molecule has 0 bridgehead atoms. The van der Waals surface area contributed by atoms with Crippen molar-refractivity contribution in [3.63, 3.8) is 0 Å². The van der Waals surface area contributed by atoms with E-state index in [2.05, 4.69) is 25.8 Å². The third kappa shape index (κ3) is 3.70. The number of aryl methyl sites for hydroxylation is 1. The third-order valence-electron chi connectivity index (χ3n) is 2.80. The predicted molar refractivity (Wildman–Crippen MR) is 67.5 cm³/mol. The first-order valence-corrected chi connectivity index (χ1v) is 5.67. The van der Waals surface area contributed by atoms with Crippen LogP contribution in [0.15, 0.2) is 23.1 Å². The van der Waals surface area contributed by atoms with Crippen LogP contribution in [0.2, 0.25) is 0 Å². The molecule has 1 aromatic heterocycles. The van der Waals surface area contributed by atoms with Gasteiger partial charge in [0.05, 0.1) is 0 Å². The lowest BCUT2D eigenvalue weighted by Gasteiger charge is -2.20. The average molecular weight is 223 g/mol. The predicted octanol–water partition coefficient (Wildman–Crippen LogP) is 1.16. The number of aromatic nitrogens is 1. The number of pyridine rings is 1. The molecule has 0 aliphatic rings. The molecule has 2 N–H and O–H groups in total. The molecule has 0 saturated heterocycles. The molecule has 0 aliphatic heterocycles. The van der Waals surface area contributed by atoms with Gasteiger partial charge in [-0.25, -0.2) is 0 Å². The van der Waals surface area contributed by atoms with Gasteiger partial charge in [0.2, 0.25) is 0 Å². The Morgan fingerprint density at radius 3 is 2.75 bits per heavy atom. The summed E-state index contributed by atoms with van der Waals surface area (Å²) in [6.07, 6.45) is 2.66. The molecular formula is C12H21N3O. The van der Waals surface area contributed by atoms with E-state index in [4.69, 9.17) is 5.73 Å². The van der Waals surface area contributed by atoms with Crippen molar-refractivity contribution in [3.8, 4) is 0 Å². The van der Waals surface area contributed by atoms with Gasteiger partial charge in [0.15, 0.2) is 0 Å². The van der Waals surface area contributed by atoms with Crippen molar-refractivity contribution >= 4 is 5.69 Å². The van der Waals surface area contributed by atoms with Crippen molar-refractivity contribution in [1.29, 1.82) is 0 Å². The van der Waals surface area contributed by atoms with Crippen molar-refractivity contribution in [1.82, 2.24) is 9.47 Å². The zero-order chi connectivity index (χ0) is 12.1. The Kier molecular flexibility index (Phi) is 4.55. The molecule has 90 valence electrons. The summed E-state index contributed by atoms with van der Waals surface area (Å²) in [5.41, 5.74) is 6.29. The van der Waals surface area contributed by atoms with E-state index < -0.39 is 0 Å². The van der Waals surface area contributed by atoms with E-state index in [1.807, 2.05) is 0 Å². The van der Waals surface area contributed by atoms with Gasteiger partial charge in [0.25, 0.3) is 5.56 Å². The third-order valence-corrected chi connectivity index (χ3v) is 2.80. The zero-order valence-corrected chi connectivity index (χ0v) is 10.3. The Balaban J connectivity index is 2.49. The molecule has 0 radical (unpaired) electrons. The lowest BCUT2D eigenvalue weighted by molar-refractivity contribution is 0.265. The van der Waals surface area contributed by atoms with Crippen LogP contribution in [0.5, 0.6) is 0 Å². The Hall–Kier alpha value is -1.29. The largest absolute Gasteiger partial charge is 0.398 e. The molecule has 0 aromatic carbocycles. The Morgan fingerprint density at radius 1 is 1.44 bits per heavy atom. The van der Waals surface area contributed by atoms with Gasteiger partial charge in [-0.15, -0.1) is 0 Å². The molecule has 0 saturated carbocycles. The Bertz CT molecular complexity index is 384. The van der Waals surface area contributed by atoms with E-state index in [-0.39, 0.29) is 5.56 Å². The molecule has 0 spiro atoms. The number of hydrogen-bond acceptors (Lipinski definition) is 3. The smallest absolute Gasteiger partial charge is 0.250 e. The summed E-state index contributed by atoms with van der Waals surface area (Å²) in [6.45, 7) is 6.03. The van der Waals surface area contributed by atoms with Gasteiger partial charge in [-0.05, 0) is 39.9 Å². The first-order valence-electron chi connectivity index (χ1n) is 5.67. The lowest BCUT2D eigenvalue weighted by atomic mass is 10.3. The highest BCUT2D eigenvalue weighted by Crippen LogP contribution is 1.99. The quantitative estimate of drug-likeness (QED) is 0.815. The zero-order valence-electron chi connectivity index (χ0n) is 10.3. The maximum Gasteiger partial charge on any atom is 0.250 e. The molecule has 4 heteroatoms. The van der Waals surface area contributed by atoms with Crippen LogP contribution in [0.3, 0.4) is 0 Å². The molecule has 0 unspecified atom stereocenters. The topological polar surface area (TPSA) is 51.3 Å². The first-order chi connectivity index (χ1) is 7.50. The van der Waals surface area contributed by atoms with Crippen LogP contribution >= 0.6 is 0 Å². The van der Waals surface area contributed by atoms with E-state index in [0.29, 0.717) is 11.7 Å². The van der Waals surface area contributed by atoms with Crippen molar-refractivity contribution in [2.75, 3.05) is 19.3 Å². The SMILES string of the molecule is CC(C)N(C)CCCn1cc(N)ccc1=O. The molecule has 16 heavy (non-hydrogen) atoms. The van der Waals surface area contributed by atoms with Crippen molar-refractivity contribution in [2.45, 2.75) is 32.9 Å². The van der Waals surface area contributed by atoms with Crippen LogP contribution in [0.4, 0.5) is 5.69 Å². The minimum Gasteiger partial charge on any atom is -0.398 e. The maximum absolute atomic E-state index is 11.5. The van der Waals surface area contributed by atoms with E-state index >= 15 is 0 Å². The van der Waals surface area contributed by atoms with Gasteiger partial charge in [-0.2, -0.15) is 0 Å². The average Bonchev–Trinajstić information content (AvgIpc) is 2.22. The second-order valence-electron chi connectivity index (χ2n) is 4.42. The Morgan fingerprint density at radius 2 is 2.12 bits per heavy atom. The number of hydrogen-bond donors (Lipinski definition) is 1. The molecule has 1 rings (SSSR count). The van der Waals surface area contributed by atoms with E-state index in [1.165, 1.54) is 6.07 Å². The summed E-state index contributed by atoms with van der Waals surface area (Å²) in [5, 5.41) is 0. The fourth-order valence-electron chi connectivity index (χ4n) is 1.47. The Labute approximate surface area is 96.7 Å². The highest BCUT2D eigenvalue weighted by Gasteiger charge is 2.03. The normalized spacial score (nSPS) is 11.3. The van der Waals surface area contributed by atoms with Crippen molar-refractivity contribution in [2.24, 2.45) is 0 Å². The molecule has 1 heterocycles. The van der Waals surface area contributed by atoms with Crippen LogP contribution in [0, 0.1) is 0 Å². The van der Waals surface area contributed by atoms with Gasteiger partial charge in [-0.1, -0.05) is 0 Å². The number of rotatable bonds is 5. The molecule has 1 aromatic rings. The first kappa shape index (κ1) is 12.8. The van der Waals surface area contributed by atoms with E-state index in [9.17, 15) is 4.79 Å². The summed E-state index contributed by atoms with van der Waals surface area (Å²) < 4.78 is 1.67. The van der Waals surface area contributed by atoms with Gasteiger partial charge < -0.3 is 15.2 Å². The molecule has 0 fully saturated rings. The molecule has 4 nitrogen and oxygen atoms in total. The lowest BCUT2D eigenvalue weighted by Crippen LogP contribution is -2.29. The van der Waals surface area contributed by atoms with Gasteiger partial charge in [0.1, 0.15) is 0 Å². The standard InChI is InChI=1S/C12H21N3O/c1-10(2)14(3)7-4-8-15-9-11(13)5-6-12(15)16/h5-6,9-10H,4,7-8,13H2,1-3H3. The van der Waals surface area contributed by atoms with E-state index in [1.54, 1.807) is 16.8 Å². The number of nitrogen functional groups attached to an aromatic ring is 1. The summed E-state index contributed by atoms with van der Waals surface area (Å²) in [4.78, 5) is 13.7. The van der Waals surface area contributed by atoms with Crippen LogP contribution < -0.4 is 11.3 Å². The van der Waals surface area contributed by atoms with Crippen LogP contribution in [0.25, 0.3) is 0 Å². The van der Waals surface area contributed by atoms with Crippen LogP contribution in [-0.4, -0.2) is 29.1 Å². The molecule has 0 aliphatic carbocycles. The fourth-order valence-corrected chi connectivity index (χ4v) is 1.47. The van der Waals surface area contributed by atoms with Crippen molar-refractivity contribution in [3.05, 3.63) is 28.7 Å². The van der Waals surface area contributed by atoms with E-state index in [0.717, 1.165) is 19.5 Å². The van der Waals surface area contributed by atoms with Gasteiger partial charge in [-0.3, -0.25) is 4.79 Å². The fraction of sp³-hybridized carbons (Fsp3) is 0.583.